The zero-order valence-electron chi connectivity index (χ0n) is 13.0. The Hall–Kier alpha value is -1.72. The van der Waals surface area contributed by atoms with E-state index in [0.717, 1.165) is 10.6 Å². The second-order valence-corrected chi connectivity index (χ2v) is 7.06. The lowest BCUT2D eigenvalue weighted by Crippen LogP contribution is -2.23. The number of carboxylic acid groups (broad SMARTS) is 1. The number of hydrogen-bond acceptors (Lipinski definition) is 4. The molecule has 6 heteroatoms. The van der Waals surface area contributed by atoms with Crippen LogP contribution in [0.3, 0.4) is 0 Å². The largest absolute Gasteiger partial charge is 0.481 e. The van der Waals surface area contributed by atoms with Crippen LogP contribution in [0, 0.1) is 11.8 Å². The second-order valence-electron chi connectivity index (χ2n) is 5.76. The molecule has 122 valence electrons. The first-order valence-corrected chi connectivity index (χ1v) is 8.57. The molecule has 0 unspecified atom stereocenters. The van der Waals surface area contributed by atoms with E-state index in [9.17, 15) is 9.59 Å². The van der Waals surface area contributed by atoms with Crippen LogP contribution in [-0.2, 0) is 16.0 Å². The maximum Gasteiger partial charge on any atom is 0.307 e. The molecule has 0 amide bonds. The van der Waals surface area contributed by atoms with Gasteiger partial charge in [-0.15, -0.1) is 11.3 Å². The lowest BCUT2D eigenvalue weighted by Gasteiger charge is -2.14. The minimum Gasteiger partial charge on any atom is -0.481 e. The van der Waals surface area contributed by atoms with Crippen LogP contribution in [0.4, 0.5) is 0 Å². The van der Waals surface area contributed by atoms with Gasteiger partial charge >= 0.3 is 5.97 Å². The smallest absolute Gasteiger partial charge is 0.307 e. The molecule has 0 radical (unpaired) electrons. The summed E-state index contributed by atoms with van der Waals surface area (Å²) in [4.78, 5) is 27.7. The number of aliphatic carboxylic acids is 1. The van der Waals surface area contributed by atoms with Crippen molar-refractivity contribution in [3.63, 3.8) is 0 Å². The van der Waals surface area contributed by atoms with Gasteiger partial charge in [0.1, 0.15) is 10.8 Å². The average Bonchev–Trinajstić information content (AvgIpc) is 2.92. The Labute approximate surface area is 144 Å². The van der Waals surface area contributed by atoms with Gasteiger partial charge in [0.25, 0.3) is 0 Å². The van der Waals surface area contributed by atoms with E-state index in [1.807, 2.05) is 37.4 Å². The summed E-state index contributed by atoms with van der Waals surface area (Å²) in [6.45, 7) is 3.62. The standard InChI is InChI=1S/C17H18ClNO3S/c1-10(2)15(17(21)22)8-14(20)7-13-9-23-16(19-13)11-4-3-5-12(18)6-11/h3-6,9-10,15H,7-8H2,1-2H3,(H,21,22)/t15-/m0/s1. The molecule has 0 saturated heterocycles. The Morgan fingerprint density at radius 3 is 2.70 bits per heavy atom. The molecule has 0 spiro atoms. The van der Waals surface area contributed by atoms with Crippen LogP contribution in [-0.4, -0.2) is 21.8 Å². The molecule has 0 aliphatic carbocycles. The molecule has 1 N–H and O–H groups in total. The van der Waals surface area contributed by atoms with Crippen LogP contribution in [0.1, 0.15) is 26.0 Å². The monoisotopic (exact) mass is 351 g/mol. The highest BCUT2D eigenvalue weighted by Gasteiger charge is 2.24. The maximum atomic E-state index is 12.1. The molecule has 1 heterocycles. The molecule has 1 aromatic heterocycles. The van der Waals surface area contributed by atoms with Gasteiger partial charge in [-0.1, -0.05) is 37.6 Å². The van der Waals surface area contributed by atoms with Gasteiger partial charge in [-0.3, -0.25) is 9.59 Å². The van der Waals surface area contributed by atoms with Crippen molar-refractivity contribution < 1.29 is 14.7 Å². The summed E-state index contributed by atoms with van der Waals surface area (Å²) in [5, 5.41) is 12.4. The summed E-state index contributed by atoms with van der Waals surface area (Å²) in [7, 11) is 0. The fourth-order valence-electron chi connectivity index (χ4n) is 2.27. The topological polar surface area (TPSA) is 67.3 Å². The third kappa shape index (κ3) is 4.88. The van der Waals surface area contributed by atoms with Gasteiger partial charge < -0.3 is 5.11 Å². The van der Waals surface area contributed by atoms with Gasteiger partial charge in [-0.2, -0.15) is 0 Å². The van der Waals surface area contributed by atoms with Crippen LogP contribution in [0.5, 0.6) is 0 Å². The molecular weight excluding hydrogens is 334 g/mol. The average molecular weight is 352 g/mol. The van der Waals surface area contributed by atoms with Crippen LogP contribution in [0.2, 0.25) is 5.02 Å². The fourth-order valence-corrected chi connectivity index (χ4v) is 3.28. The first-order chi connectivity index (χ1) is 10.9. The number of halogens is 1. The van der Waals surface area contributed by atoms with E-state index in [2.05, 4.69) is 4.98 Å². The summed E-state index contributed by atoms with van der Waals surface area (Å²) in [5.41, 5.74) is 1.58. The van der Waals surface area contributed by atoms with Crippen molar-refractivity contribution in [3.8, 4) is 10.6 Å². The molecule has 0 aliphatic heterocycles. The SMILES string of the molecule is CC(C)[C@H](CC(=O)Cc1csc(-c2cccc(Cl)c2)n1)C(=O)O. The van der Waals surface area contributed by atoms with Gasteiger partial charge in [-0.25, -0.2) is 4.98 Å². The minimum absolute atomic E-state index is 0.0387. The number of thiazole rings is 1. The Kier molecular flexibility index (Phi) is 5.91. The van der Waals surface area contributed by atoms with E-state index < -0.39 is 11.9 Å². The van der Waals surface area contributed by atoms with E-state index in [0.29, 0.717) is 10.7 Å². The number of nitrogens with zero attached hydrogens (tertiary/aromatic N) is 1. The number of Topliss-reactive ketones (excluding diaryl/α,β-unsaturated/α-hetero) is 1. The van der Waals surface area contributed by atoms with Gasteiger partial charge in [0, 0.05) is 28.8 Å². The highest BCUT2D eigenvalue weighted by molar-refractivity contribution is 7.13. The molecule has 2 aromatic rings. The van der Waals surface area contributed by atoms with Crippen LogP contribution >= 0.6 is 22.9 Å². The fraction of sp³-hybridized carbons (Fsp3) is 0.353. The van der Waals surface area contributed by atoms with Crippen molar-refractivity contribution in [3.05, 3.63) is 40.4 Å². The molecule has 1 aromatic carbocycles. The third-order valence-corrected chi connectivity index (χ3v) is 4.75. The van der Waals surface area contributed by atoms with E-state index in [4.69, 9.17) is 16.7 Å². The molecule has 1 atom stereocenters. The molecule has 0 fully saturated rings. The van der Waals surface area contributed by atoms with Crippen molar-refractivity contribution >= 4 is 34.7 Å². The molecule has 4 nitrogen and oxygen atoms in total. The van der Waals surface area contributed by atoms with Crippen molar-refractivity contribution in [2.24, 2.45) is 11.8 Å². The summed E-state index contributed by atoms with van der Waals surface area (Å²) < 4.78 is 0. The number of rotatable bonds is 7. The van der Waals surface area contributed by atoms with E-state index in [-0.39, 0.29) is 24.5 Å². The van der Waals surface area contributed by atoms with Crippen molar-refractivity contribution in [2.45, 2.75) is 26.7 Å². The quantitative estimate of drug-likeness (QED) is 0.806. The molecule has 0 bridgehead atoms. The highest BCUT2D eigenvalue weighted by atomic mass is 35.5. The number of carboxylic acids is 1. The Morgan fingerprint density at radius 1 is 1.35 bits per heavy atom. The normalized spacial score (nSPS) is 12.3. The van der Waals surface area contributed by atoms with Crippen LogP contribution < -0.4 is 0 Å². The number of ketones is 1. The number of benzene rings is 1. The predicted octanol–water partition coefficient (Wildman–Crippen LogP) is 4.32. The lowest BCUT2D eigenvalue weighted by molar-refractivity contribution is -0.145. The van der Waals surface area contributed by atoms with Crippen molar-refractivity contribution in [1.29, 1.82) is 0 Å². The summed E-state index contributed by atoms with van der Waals surface area (Å²) >= 11 is 7.42. The molecular formula is C17H18ClNO3S. The van der Waals surface area contributed by atoms with E-state index >= 15 is 0 Å². The Morgan fingerprint density at radius 2 is 2.09 bits per heavy atom. The van der Waals surface area contributed by atoms with Crippen LogP contribution in [0.25, 0.3) is 10.6 Å². The molecule has 0 saturated carbocycles. The predicted molar refractivity (Wildman–Crippen MR) is 91.9 cm³/mol. The summed E-state index contributed by atoms with van der Waals surface area (Å²) in [6, 6.07) is 7.38. The summed E-state index contributed by atoms with van der Waals surface area (Å²) in [5.74, 6) is -1.75. The molecule has 23 heavy (non-hydrogen) atoms. The zero-order chi connectivity index (χ0) is 17.0. The van der Waals surface area contributed by atoms with E-state index in [1.165, 1.54) is 11.3 Å². The van der Waals surface area contributed by atoms with Crippen molar-refractivity contribution in [1.82, 2.24) is 4.98 Å². The number of carbonyl (C=O) groups is 2. The van der Waals surface area contributed by atoms with Crippen LogP contribution in [0.15, 0.2) is 29.6 Å². The Bertz CT molecular complexity index is 711. The Balaban J connectivity index is 2.04. The van der Waals surface area contributed by atoms with E-state index in [1.54, 1.807) is 6.07 Å². The summed E-state index contributed by atoms with van der Waals surface area (Å²) in [6.07, 6.45) is 0.199. The minimum atomic E-state index is -0.925. The van der Waals surface area contributed by atoms with Gasteiger partial charge in [0.15, 0.2) is 0 Å². The lowest BCUT2D eigenvalue weighted by atomic mass is 9.90. The number of carbonyl (C=O) groups excluding carboxylic acids is 1. The van der Waals surface area contributed by atoms with Gasteiger partial charge in [0.05, 0.1) is 11.6 Å². The van der Waals surface area contributed by atoms with Crippen molar-refractivity contribution in [2.75, 3.05) is 0 Å². The zero-order valence-corrected chi connectivity index (χ0v) is 14.5. The first-order valence-electron chi connectivity index (χ1n) is 7.31. The third-order valence-electron chi connectivity index (χ3n) is 3.57. The number of aromatic nitrogens is 1. The number of hydrogen-bond donors (Lipinski definition) is 1. The first kappa shape index (κ1) is 17.6. The molecule has 0 aliphatic rings. The van der Waals surface area contributed by atoms with Gasteiger partial charge in [0.2, 0.25) is 0 Å². The molecule has 2 rings (SSSR count). The van der Waals surface area contributed by atoms with Gasteiger partial charge in [-0.05, 0) is 18.1 Å². The second kappa shape index (κ2) is 7.70. The highest BCUT2D eigenvalue weighted by Crippen LogP contribution is 2.26. The maximum absolute atomic E-state index is 12.1.